The van der Waals surface area contributed by atoms with E-state index in [-0.39, 0.29) is 10.00 Å². The van der Waals surface area contributed by atoms with Crippen molar-refractivity contribution in [3.8, 4) is 0 Å². The molecule has 1 atom stereocenters. The summed E-state index contributed by atoms with van der Waals surface area (Å²) >= 11 is 3.45. The normalized spacial score (nSPS) is 24.9. The first-order valence-electron chi connectivity index (χ1n) is 3.55. The van der Waals surface area contributed by atoms with Gasteiger partial charge >= 0.3 is 0 Å². The number of aliphatic carboxylic acids is 1. The Hall–Kier alpha value is 0.170. The Balaban J connectivity index is 2.63. The van der Waals surface area contributed by atoms with E-state index in [0.29, 0.717) is 0 Å². The van der Waals surface area contributed by atoms with Gasteiger partial charge in [0.15, 0.2) is 0 Å². The maximum Gasteiger partial charge on any atom is 0.0660 e. The average Bonchev–Trinajstić information content (AvgIpc) is 2.35. The summed E-state index contributed by atoms with van der Waals surface area (Å²) in [6, 6.07) is 0. The average molecular weight is 191 g/mol. The first kappa shape index (κ1) is 9.26. The molecule has 2 nitrogen and oxygen atoms in total. The van der Waals surface area contributed by atoms with Gasteiger partial charge in [0.05, 0.1) is 4.08 Å². The summed E-state index contributed by atoms with van der Waals surface area (Å²) in [6.07, 6.45) is 0. The molecule has 0 saturated carbocycles. The fourth-order valence-corrected chi connectivity index (χ4v) is 4.00. The summed E-state index contributed by atoms with van der Waals surface area (Å²) in [5.74, 6) is 0.812. The second-order valence-corrected chi connectivity index (χ2v) is 6.10. The number of hydrogen-bond donors (Lipinski definition) is 0. The van der Waals surface area contributed by atoms with Crippen LogP contribution >= 0.6 is 23.5 Å². The van der Waals surface area contributed by atoms with Crippen molar-refractivity contribution in [2.75, 3.05) is 11.5 Å². The number of carbonyl (C=O) groups excluding carboxylic acids is 1. The Bertz CT molecular complexity index is 164. The standard InChI is InChI=1S/C7H12O2S2/c1-5(6(8)9)7(2)10-3-4-11-7/h5H,3-4H2,1-2H3,(H,8,9)/p-1. The Morgan fingerprint density at radius 3 is 2.36 bits per heavy atom. The van der Waals surface area contributed by atoms with Crippen molar-refractivity contribution in [1.29, 1.82) is 0 Å². The van der Waals surface area contributed by atoms with Crippen LogP contribution in [0.25, 0.3) is 0 Å². The van der Waals surface area contributed by atoms with E-state index in [1.54, 1.807) is 30.4 Å². The minimum atomic E-state index is -0.936. The van der Waals surface area contributed by atoms with E-state index in [1.165, 1.54) is 0 Å². The number of carbonyl (C=O) groups is 1. The van der Waals surface area contributed by atoms with Crippen molar-refractivity contribution in [3.05, 3.63) is 0 Å². The summed E-state index contributed by atoms with van der Waals surface area (Å²) in [7, 11) is 0. The van der Waals surface area contributed by atoms with E-state index in [0.717, 1.165) is 11.5 Å². The quantitative estimate of drug-likeness (QED) is 0.640. The lowest BCUT2D eigenvalue weighted by Crippen LogP contribution is -2.39. The molecule has 4 heteroatoms. The van der Waals surface area contributed by atoms with Gasteiger partial charge in [-0.3, -0.25) is 0 Å². The smallest absolute Gasteiger partial charge is 0.0660 e. The van der Waals surface area contributed by atoms with Crippen molar-refractivity contribution < 1.29 is 9.90 Å². The maximum absolute atomic E-state index is 10.6. The molecule has 0 N–H and O–H groups in total. The molecule has 64 valence electrons. The van der Waals surface area contributed by atoms with E-state index >= 15 is 0 Å². The van der Waals surface area contributed by atoms with Gasteiger partial charge in [-0.25, -0.2) is 0 Å². The summed E-state index contributed by atoms with van der Waals surface area (Å²) in [4.78, 5) is 10.6. The Morgan fingerprint density at radius 1 is 1.55 bits per heavy atom. The van der Waals surface area contributed by atoms with Crippen molar-refractivity contribution in [2.24, 2.45) is 5.92 Å². The lowest BCUT2D eigenvalue weighted by molar-refractivity contribution is -0.311. The van der Waals surface area contributed by atoms with Gasteiger partial charge in [-0.2, -0.15) is 0 Å². The second-order valence-electron chi connectivity index (χ2n) is 2.75. The minimum Gasteiger partial charge on any atom is -0.550 e. The van der Waals surface area contributed by atoms with Crippen LogP contribution < -0.4 is 5.11 Å². The van der Waals surface area contributed by atoms with Crippen LogP contribution in [0.3, 0.4) is 0 Å². The van der Waals surface area contributed by atoms with Crippen LogP contribution in [-0.2, 0) is 4.79 Å². The van der Waals surface area contributed by atoms with Crippen LogP contribution in [-0.4, -0.2) is 21.6 Å². The summed E-state index contributed by atoms with van der Waals surface area (Å²) in [5.41, 5.74) is 0. The van der Waals surface area contributed by atoms with Gasteiger partial charge in [-0.05, 0) is 6.92 Å². The maximum atomic E-state index is 10.6. The van der Waals surface area contributed by atoms with Crippen LogP contribution in [0, 0.1) is 5.92 Å². The molecule has 0 amide bonds. The molecule has 1 fully saturated rings. The molecule has 11 heavy (non-hydrogen) atoms. The molecule has 0 bridgehead atoms. The Kier molecular flexibility index (Phi) is 2.75. The topological polar surface area (TPSA) is 40.1 Å². The number of rotatable bonds is 2. The molecular weight excluding hydrogens is 180 g/mol. The highest BCUT2D eigenvalue weighted by atomic mass is 32.2. The highest BCUT2D eigenvalue weighted by Crippen LogP contribution is 2.48. The number of carboxylic acid groups (broad SMARTS) is 1. The summed E-state index contributed by atoms with van der Waals surface area (Å²) < 4.78 is -0.154. The number of thioether (sulfide) groups is 2. The molecule has 0 radical (unpaired) electrons. The number of carboxylic acids is 1. The van der Waals surface area contributed by atoms with Gasteiger partial charge in [0.25, 0.3) is 0 Å². The zero-order chi connectivity index (χ0) is 8.48. The van der Waals surface area contributed by atoms with Crippen molar-refractivity contribution in [3.63, 3.8) is 0 Å². The molecule has 0 aliphatic carbocycles. The van der Waals surface area contributed by atoms with Crippen LogP contribution in [0.5, 0.6) is 0 Å². The Morgan fingerprint density at radius 2 is 2.00 bits per heavy atom. The molecule has 1 saturated heterocycles. The third-order valence-corrected chi connectivity index (χ3v) is 5.64. The van der Waals surface area contributed by atoms with Crippen LogP contribution in [0.1, 0.15) is 13.8 Å². The fourth-order valence-electron chi connectivity index (χ4n) is 0.994. The van der Waals surface area contributed by atoms with Gasteiger partial charge in [0.1, 0.15) is 0 Å². The first-order valence-corrected chi connectivity index (χ1v) is 5.52. The summed E-state index contributed by atoms with van der Waals surface area (Å²) in [6.45, 7) is 3.70. The zero-order valence-electron chi connectivity index (χ0n) is 6.62. The SMILES string of the molecule is CC(C(=O)[O-])C1(C)SCCS1. The first-order chi connectivity index (χ1) is 5.06. The van der Waals surface area contributed by atoms with Gasteiger partial charge in [-0.15, -0.1) is 23.5 Å². The lowest BCUT2D eigenvalue weighted by Gasteiger charge is -2.29. The Labute approximate surface area is 75.1 Å². The van der Waals surface area contributed by atoms with E-state index in [4.69, 9.17) is 0 Å². The van der Waals surface area contributed by atoms with Gasteiger partial charge in [0.2, 0.25) is 0 Å². The predicted octanol–water partition coefficient (Wildman–Crippen LogP) is 0.569. The second kappa shape index (κ2) is 3.27. The third-order valence-electron chi connectivity index (χ3n) is 2.00. The predicted molar refractivity (Wildman–Crippen MR) is 47.5 cm³/mol. The monoisotopic (exact) mass is 191 g/mol. The van der Waals surface area contributed by atoms with Crippen LogP contribution in [0.2, 0.25) is 0 Å². The lowest BCUT2D eigenvalue weighted by atomic mass is 10.1. The molecule has 0 aromatic heterocycles. The summed E-state index contributed by atoms with van der Waals surface area (Å²) in [5, 5.41) is 10.6. The van der Waals surface area contributed by atoms with Gasteiger partial charge < -0.3 is 9.90 Å². The molecule has 0 spiro atoms. The van der Waals surface area contributed by atoms with E-state index < -0.39 is 5.97 Å². The number of hydrogen-bond acceptors (Lipinski definition) is 4. The molecule has 1 unspecified atom stereocenters. The fraction of sp³-hybridized carbons (Fsp3) is 0.857. The minimum absolute atomic E-state index is 0.154. The molecule has 0 aromatic carbocycles. The highest BCUT2D eigenvalue weighted by Gasteiger charge is 2.36. The molecular formula is C7H11O2S2-. The van der Waals surface area contributed by atoms with Gasteiger partial charge in [0, 0.05) is 23.4 Å². The van der Waals surface area contributed by atoms with Crippen molar-refractivity contribution in [2.45, 2.75) is 17.9 Å². The van der Waals surface area contributed by atoms with Crippen LogP contribution in [0.4, 0.5) is 0 Å². The molecule has 0 aromatic rings. The molecule has 1 heterocycles. The van der Waals surface area contributed by atoms with Crippen LogP contribution in [0.15, 0.2) is 0 Å². The molecule has 1 rings (SSSR count). The van der Waals surface area contributed by atoms with Crippen molar-refractivity contribution in [1.82, 2.24) is 0 Å². The largest absolute Gasteiger partial charge is 0.550 e. The van der Waals surface area contributed by atoms with E-state index in [1.807, 2.05) is 6.92 Å². The highest BCUT2D eigenvalue weighted by molar-refractivity contribution is 8.21. The molecule has 1 aliphatic rings. The van der Waals surface area contributed by atoms with E-state index in [9.17, 15) is 9.90 Å². The van der Waals surface area contributed by atoms with Gasteiger partial charge in [-0.1, -0.05) is 6.92 Å². The molecule has 1 aliphatic heterocycles. The third kappa shape index (κ3) is 1.85. The van der Waals surface area contributed by atoms with Crippen molar-refractivity contribution >= 4 is 29.5 Å². The van der Waals surface area contributed by atoms with E-state index in [2.05, 4.69) is 0 Å². The zero-order valence-corrected chi connectivity index (χ0v) is 8.26.